The smallest absolute Gasteiger partial charge is 0.248 e. The summed E-state index contributed by atoms with van der Waals surface area (Å²) in [7, 11) is 1.51. The number of furan rings is 1. The van der Waals surface area contributed by atoms with E-state index < -0.39 is 17.5 Å². The minimum atomic E-state index is -1.05. The molecule has 0 aliphatic heterocycles. The number of hydrogen-bond donors (Lipinski definition) is 1. The van der Waals surface area contributed by atoms with Crippen LogP contribution in [-0.2, 0) is 4.79 Å². The third-order valence-electron chi connectivity index (χ3n) is 5.08. The average molecular weight is 488 g/mol. The van der Waals surface area contributed by atoms with Gasteiger partial charge >= 0.3 is 0 Å². The molecular weight excluding hydrogens is 471 g/mol. The zero-order chi connectivity index (χ0) is 23.7. The highest BCUT2D eigenvalue weighted by Crippen LogP contribution is 2.40. The number of halogens is 4. The lowest BCUT2D eigenvalue weighted by atomic mass is 9.99. The quantitative estimate of drug-likeness (QED) is 0.293. The van der Waals surface area contributed by atoms with Gasteiger partial charge < -0.3 is 14.5 Å². The summed E-state index contributed by atoms with van der Waals surface area (Å²) in [6, 6.07) is 11.9. The molecule has 0 aliphatic rings. The number of carbonyl (C=O) groups is 1. The van der Waals surface area contributed by atoms with E-state index in [0.717, 1.165) is 28.6 Å². The summed E-state index contributed by atoms with van der Waals surface area (Å²) >= 11 is 12.4. The van der Waals surface area contributed by atoms with Gasteiger partial charge in [-0.05, 0) is 42.8 Å². The molecule has 0 atom stereocenters. The van der Waals surface area contributed by atoms with Gasteiger partial charge in [0.15, 0.2) is 11.6 Å². The van der Waals surface area contributed by atoms with Crippen LogP contribution in [0.4, 0.5) is 14.5 Å². The molecule has 0 saturated heterocycles. The number of methoxy groups -OCH3 is 1. The van der Waals surface area contributed by atoms with Crippen molar-refractivity contribution in [2.24, 2.45) is 0 Å². The Hall–Kier alpha value is -3.35. The van der Waals surface area contributed by atoms with Crippen LogP contribution in [0.15, 0.2) is 65.3 Å². The Morgan fingerprint density at radius 2 is 1.82 bits per heavy atom. The van der Waals surface area contributed by atoms with Crippen molar-refractivity contribution >= 4 is 51.3 Å². The van der Waals surface area contributed by atoms with Crippen molar-refractivity contribution in [1.82, 2.24) is 0 Å². The number of ether oxygens (including phenoxy) is 1. The van der Waals surface area contributed by atoms with Gasteiger partial charge in [0.1, 0.15) is 11.3 Å². The van der Waals surface area contributed by atoms with Crippen LogP contribution in [0.25, 0.3) is 27.7 Å². The summed E-state index contributed by atoms with van der Waals surface area (Å²) < 4.78 is 37.7. The molecule has 8 heteroatoms. The Morgan fingerprint density at radius 3 is 2.52 bits per heavy atom. The lowest BCUT2D eigenvalue weighted by Gasteiger charge is -2.11. The van der Waals surface area contributed by atoms with Crippen molar-refractivity contribution in [1.29, 1.82) is 0 Å². The van der Waals surface area contributed by atoms with E-state index in [1.54, 1.807) is 37.5 Å². The molecule has 1 amide bonds. The number of rotatable bonds is 5. The standard InChI is InChI=1S/C25H17Cl2F2NO3/c1-13(7-25(31)30-15-4-6-21(28)22(29)9-15)17-10-18-19(12-33-24(18)11-23(17)32-2)16-5-3-14(26)8-20(16)27/h3-12H,1-2H3,(H,30,31)/b13-7+. The van der Waals surface area contributed by atoms with E-state index in [0.29, 0.717) is 32.5 Å². The first kappa shape index (κ1) is 22.8. The number of allylic oxidation sites excluding steroid dienone is 1. The van der Waals surface area contributed by atoms with Gasteiger partial charge in [0, 0.05) is 51.0 Å². The molecule has 0 unspecified atom stereocenters. The molecular formula is C25H17Cl2F2NO3. The first-order chi connectivity index (χ1) is 15.8. The van der Waals surface area contributed by atoms with Gasteiger partial charge in [0.05, 0.1) is 18.4 Å². The van der Waals surface area contributed by atoms with E-state index in [-0.39, 0.29) is 5.69 Å². The molecule has 4 aromatic rings. The molecule has 1 aromatic heterocycles. The number of carbonyl (C=O) groups excluding carboxylic acids is 1. The van der Waals surface area contributed by atoms with Crippen LogP contribution in [0.1, 0.15) is 12.5 Å². The molecule has 1 heterocycles. The van der Waals surface area contributed by atoms with Crippen LogP contribution >= 0.6 is 23.2 Å². The third kappa shape index (κ3) is 4.72. The molecule has 0 bridgehead atoms. The second-order valence-corrected chi connectivity index (χ2v) is 8.11. The fraction of sp³-hybridized carbons (Fsp3) is 0.0800. The molecule has 0 aliphatic carbocycles. The van der Waals surface area contributed by atoms with Crippen molar-refractivity contribution < 1.29 is 22.7 Å². The Bertz CT molecular complexity index is 1410. The van der Waals surface area contributed by atoms with E-state index in [9.17, 15) is 13.6 Å². The maximum Gasteiger partial charge on any atom is 0.248 e. The highest BCUT2D eigenvalue weighted by Gasteiger charge is 2.17. The molecule has 0 spiro atoms. The lowest BCUT2D eigenvalue weighted by Crippen LogP contribution is -2.09. The summed E-state index contributed by atoms with van der Waals surface area (Å²) in [5, 5.41) is 4.28. The summed E-state index contributed by atoms with van der Waals surface area (Å²) in [4.78, 5) is 12.5. The van der Waals surface area contributed by atoms with Gasteiger partial charge in [0.2, 0.25) is 5.91 Å². The maximum atomic E-state index is 13.4. The molecule has 0 radical (unpaired) electrons. The summed E-state index contributed by atoms with van der Waals surface area (Å²) in [5.74, 6) is -2.04. The first-order valence-corrected chi connectivity index (χ1v) is 10.5. The second kappa shape index (κ2) is 9.25. The van der Waals surface area contributed by atoms with Crippen molar-refractivity contribution in [3.05, 3.63) is 88.1 Å². The van der Waals surface area contributed by atoms with Crippen molar-refractivity contribution in [2.45, 2.75) is 6.92 Å². The Morgan fingerprint density at radius 1 is 1.03 bits per heavy atom. The lowest BCUT2D eigenvalue weighted by molar-refractivity contribution is -0.111. The Kier molecular flexibility index (Phi) is 6.40. The molecule has 4 nitrogen and oxygen atoms in total. The van der Waals surface area contributed by atoms with E-state index in [1.165, 1.54) is 19.3 Å². The van der Waals surface area contributed by atoms with Gasteiger partial charge in [-0.2, -0.15) is 0 Å². The summed E-state index contributed by atoms with van der Waals surface area (Å²) in [6.07, 6.45) is 2.94. The predicted octanol–water partition coefficient (Wildman–Crippen LogP) is 7.74. The number of fused-ring (bicyclic) bond motifs is 1. The largest absolute Gasteiger partial charge is 0.496 e. The zero-order valence-corrected chi connectivity index (χ0v) is 19.0. The van der Waals surface area contributed by atoms with Gasteiger partial charge in [0.25, 0.3) is 0 Å². The van der Waals surface area contributed by atoms with E-state index in [1.807, 2.05) is 6.07 Å². The second-order valence-electron chi connectivity index (χ2n) is 7.27. The third-order valence-corrected chi connectivity index (χ3v) is 5.62. The van der Waals surface area contributed by atoms with Crippen LogP contribution < -0.4 is 10.1 Å². The van der Waals surface area contributed by atoms with Gasteiger partial charge in [-0.25, -0.2) is 8.78 Å². The van der Waals surface area contributed by atoms with Crippen LogP contribution in [0.5, 0.6) is 5.75 Å². The van der Waals surface area contributed by atoms with E-state index >= 15 is 0 Å². The monoisotopic (exact) mass is 487 g/mol. The Balaban J connectivity index is 1.72. The normalized spacial score (nSPS) is 11.6. The summed E-state index contributed by atoms with van der Waals surface area (Å²) in [5.41, 5.74) is 3.46. The highest BCUT2D eigenvalue weighted by atomic mass is 35.5. The number of amides is 1. The van der Waals surface area contributed by atoms with Gasteiger partial charge in [-0.15, -0.1) is 0 Å². The molecule has 1 N–H and O–H groups in total. The average Bonchev–Trinajstić information content (AvgIpc) is 3.18. The van der Waals surface area contributed by atoms with Crippen LogP contribution in [0.2, 0.25) is 10.0 Å². The van der Waals surface area contributed by atoms with Gasteiger partial charge in [-0.1, -0.05) is 29.3 Å². The molecule has 33 heavy (non-hydrogen) atoms. The number of benzene rings is 3. The van der Waals surface area contributed by atoms with Crippen molar-refractivity contribution in [3.8, 4) is 16.9 Å². The summed E-state index contributed by atoms with van der Waals surface area (Å²) in [6.45, 7) is 1.74. The molecule has 4 rings (SSSR count). The number of hydrogen-bond acceptors (Lipinski definition) is 3. The SMILES string of the molecule is COc1cc2occ(-c3ccc(Cl)cc3Cl)c2cc1/C(C)=C/C(=O)Nc1ccc(F)c(F)c1. The van der Waals surface area contributed by atoms with E-state index in [4.69, 9.17) is 32.4 Å². The first-order valence-electron chi connectivity index (χ1n) is 9.76. The number of anilines is 1. The predicted molar refractivity (Wildman–Crippen MR) is 127 cm³/mol. The van der Waals surface area contributed by atoms with E-state index in [2.05, 4.69) is 5.32 Å². The molecule has 0 saturated carbocycles. The maximum absolute atomic E-state index is 13.4. The molecule has 0 fully saturated rings. The minimum Gasteiger partial charge on any atom is -0.496 e. The van der Waals surface area contributed by atoms with Crippen molar-refractivity contribution in [2.75, 3.05) is 12.4 Å². The molecule has 3 aromatic carbocycles. The highest BCUT2D eigenvalue weighted by molar-refractivity contribution is 6.36. The zero-order valence-electron chi connectivity index (χ0n) is 17.5. The van der Waals surface area contributed by atoms with Crippen molar-refractivity contribution in [3.63, 3.8) is 0 Å². The fourth-order valence-electron chi connectivity index (χ4n) is 3.48. The van der Waals surface area contributed by atoms with Crippen LogP contribution in [-0.4, -0.2) is 13.0 Å². The number of nitrogens with one attached hydrogen (secondary N) is 1. The van der Waals surface area contributed by atoms with Gasteiger partial charge in [-0.3, -0.25) is 4.79 Å². The topological polar surface area (TPSA) is 51.5 Å². The van der Waals surface area contributed by atoms with Crippen LogP contribution in [0, 0.1) is 11.6 Å². The minimum absolute atomic E-state index is 0.139. The fourth-order valence-corrected chi connectivity index (χ4v) is 3.99. The van der Waals surface area contributed by atoms with Crippen LogP contribution in [0.3, 0.4) is 0 Å². The Labute approximate surface area is 198 Å². The molecule has 168 valence electrons.